The molecule has 0 fully saturated rings. The Morgan fingerprint density at radius 2 is 2.28 bits per heavy atom. The third kappa shape index (κ3) is 1.55. The van der Waals surface area contributed by atoms with Crippen LogP contribution in [-0.2, 0) is 0 Å². The fourth-order valence-electron chi connectivity index (χ4n) is 1.77. The zero-order valence-electron chi connectivity index (χ0n) is 8.98. The van der Waals surface area contributed by atoms with Crippen molar-refractivity contribution in [2.45, 2.75) is 0 Å². The maximum absolute atomic E-state index is 13.0. The molecule has 3 rings (SSSR count). The van der Waals surface area contributed by atoms with Gasteiger partial charge in [-0.1, -0.05) is 0 Å². The van der Waals surface area contributed by atoms with Gasteiger partial charge in [-0.3, -0.25) is 0 Å². The Hall–Kier alpha value is -2.63. The molecule has 0 aliphatic rings. The predicted octanol–water partition coefficient (Wildman–Crippen LogP) is 2.66. The molecule has 0 aliphatic heterocycles. The van der Waals surface area contributed by atoms with Gasteiger partial charge in [0, 0.05) is 17.1 Å². The van der Waals surface area contributed by atoms with Gasteiger partial charge in [0.2, 0.25) is 5.89 Å². The summed E-state index contributed by atoms with van der Waals surface area (Å²) in [4.78, 5) is 17.4. The molecule has 1 aromatic carbocycles. The number of halogens is 1. The van der Waals surface area contributed by atoms with Gasteiger partial charge in [0.05, 0.1) is 5.56 Å². The highest BCUT2D eigenvalue weighted by Crippen LogP contribution is 2.28. The summed E-state index contributed by atoms with van der Waals surface area (Å²) < 4.78 is 18.1. The summed E-state index contributed by atoms with van der Waals surface area (Å²) in [5, 5.41) is 9.48. The Labute approximate surface area is 99.9 Å². The standard InChI is InChI=1S/C12H7FN2O3/c13-6-1-2-7-8(4-14-9(7)3-6)11-15-10(5-18-11)12(16)17/h1-5,14H,(H,16,17). The lowest BCUT2D eigenvalue weighted by atomic mass is 10.2. The first-order valence-corrected chi connectivity index (χ1v) is 5.11. The summed E-state index contributed by atoms with van der Waals surface area (Å²) in [5.74, 6) is -1.32. The van der Waals surface area contributed by atoms with Gasteiger partial charge in [0.15, 0.2) is 5.69 Å². The number of nitrogens with one attached hydrogen (secondary N) is 1. The zero-order valence-corrected chi connectivity index (χ0v) is 8.98. The number of hydrogen-bond acceptors (Lipinski definition) is 3. The molecule has 0 amide bonds. The highest BCUT2D eigenvalue weighted by Gasteiger charge is 2.15. The molecule has 0 bridgehead atoms. The van der Waals surface area contributed by atoms with Gasteiger partial charge < -0.3 is 14.5 Å². The quantitative estimate of drug-likeness (QED) is 0.728. The van der Waals surface area contributed by atoms with Crippen LogP contribution in [0.25, 0.3) is 22.4 Å². The summed E-state index contributed by atoms with van der Waals surface area (Å²) in [5.41, 5.74) is 1.03. The molecule has 5 nitrogen and oxygen atoms in total. The first kappa shape index (κ1) is 10.5. The van der Waals surface area contributed by atoms with E-state index in [1.54, 1.807) is 12.3 Å². The van der Waals surface area contributed by atoms with E-state index in [-0.39, 0.29) is 17.4 Å². The number of nitrogens with zero attached hydrogens (tertiary/aromatic N) is 1. The van der Waals surface area contributed by atoms with E-state index >= 15 is 0 Å². The Morgan fingerprint density at radius 3 is 3.00 bits per heavy atom. The Morgan fingerprint density at radius 1 is 1.44 bits per heavy atom. The van der Waals surface area contributed by atoms with Crippen LogP contribution >= 0.6 is 0 Å². The summed E-state index contributed by atoms with van der Waals surface area (Å²) in [7, 11) is 0. The van der Waals surface area contributed by atoms with Crippen molar-refractivity contribution in [3.05, 3.63) is 42.2 Å². The Bertz CT molecular complexity index is 745. The van der Waals surface area contributed by atoms with Gasteiger partial charge in [0.1, 0.15) is 12.1 Å². The van der Waals surface area contributed by atoms with Crippen molar-refractivity contribution >= 4 is 16.9 Å². The average Bonchev–Trinajstić information content (AvgIpc) is 2.92. The molecule has 2 aromatic heterocycles. The number of aromatic amines is 1. The number of benzene rings is 1. The zero-order chi connectivity index (χ0) is 12.7. The first-order chi connectivity index (χ1) is 8.65. The monoisotopic (exact) mass is 246 g/mol. The Kier molecular flexibility index (Phi) is 2.16. The van der Waals surface area contributed by atoms with Crippen molar-refractivity contribution in [2.24, 2.45) is 0 Å². The molecule has 90 valence electrons. The summed E-state index contributed by atoms with van der Waals surface area (Å²) in [6.07, 6.45) is 2.67. The van der Waals surface area contributed by atoms with Crippen LogP contribution in [0.5, 0.6) is 0 Å². The maximum atomic E-state index is 13.0. The van der Waals surface area contributed by atoms with E-state index in [2.05, 4.69) is 9.97 Å². The van der Waals surface area contributed by atoms with E-state index < -0.39 is 5.97 Å². The second kappa shape index (κ2) is 3.69. The number of carboxylic acids is 1. The minimum Gasteiger partial charge on any atom is -0.476 e. The predicted molar refractivity (Wildman–Crippen MR) is 60.7 cm³/mol. The second-order valence-electron chi connectivity index (χ2n) is 3.74. The molecule has 0 atom stereocenters. The molecule has 0 saturated carbocycles. The normalized spacial score (nSPS) is 10.9. The second-order valence-corrected chi connectivity index (χ2v) is 3.74. The van der Waals surface area contributed by atoms with Crippen LogP contribution in [0, 0.1) is 5.82 Å². The van der Waals surface area contributed by atoms with Gasteiger partial charge in [0.25, 0.3) is 0 Å². The van der Waals surface area contributed by atoms with Gasteiger partial charge >= 0.3 is 5.97 Å². The Balaban J connectivity index is 2.16. The average molecular weight is 246 g/mol. The lowest BCUT2D eigenvalue weighted by Crippen LogP contribution is -1.95. The third-order valence-corrected chi connectivity index (χ3v) is 2.60. The largest absolute Gasteiger partial charge is 0.476 e. The van der Waals surface area contributed by atoms with Crippen LogP contribution in [0.4, 0.5) is 4.39 Å². The van der Waals surface area contributed by atoms with Crippen molar-refractivity contribution in [2.75, 3.05) is 0 Å². The molecule has 0 saturated heterocycles. The lowest BCUT2D eigenvalue weighted by Gasteiger charge is -1.93. The minimum absolute atomic E-state index is 0.165. The number of H-pyrrole nitrogens is 1. The number of fused-ring (bicyclic) bond motifs is 1. The number of oxazole rings is 1. The molecule has 0 aliphatic carbocycles. The van der Waals surface area contributed by atoms with Crippen molar-refractivity contribution in [1.82, 2.24) is 9.97 Å². The molecular formula is C12H7FN2O3. The van der Waals surface area contributed by atoms with E-state index in [1.165, 1.54) is 12.1 Å². The first-order valence-electron chi connectivity index (χ1n) is 5.11. The van der Waals surface area contributed by atoms with E-state index in [1.807, 2.05) is 0 Å². The highest BCUT2D eigenvalue weighted by atomic mass is 19.1. The van der Waals surface area contributed by atoms with Crippen LogP contribution < -0.4 is 0 Å². The van der Waals surface area contributed by atoms with Crippen LogP contribution in [0.1, 0.15) is 10.5 Å². The smallest absolute Gasteiger partial charge is 0.357 e. The van der Waals surface area contributed by atoms with E-state index in [0.29, 0.717) is 11.1 Å². The number of aromatic nitrogens is 2. The van der Waals surface area contributed by atoms with Crippen molar-refractivity contribution in [1.29, 1.82) is 0 Å². The fraction of sp³-hybridized carbons (Fsp3) is 0. The van der Waals surface area contributed by atoms with Crippen LogP contribution in [0.2, 0.25) is 0 Å². The molecule has 6 heteroatoms. The van der Waals surface area contributed by atoms with Gasteiger partial charge in [-0.05, 0) is 18.2 Å². The van der Waals surface area contributed by atoms with Gasteiger partial charge in [-0.15, -0.1) is 0 Å². The van der Waals surface area contributed by atoms with Crippen LogP contribution in [0.3, 0.4) is 0 Å². The summed E-state index contributed by atoms with van der Waals surface area (Å²) >= 11 is 0. The van der Waals surface area contributed by atoms with Crippen molar-refractivity contribution in [3.8, 4) is 11.5 Å². The highest BCUT2D eigenvalue weighted by molar-refractivity contribution is 5.94. The van der Waals surface area contributed by atoms with Crippen LogP contribution in [-0.4, -0.2) is 21.0 Å². The molecule has 2 heterocycles. The summed E-state index contributed by atoms with van der Waals surface area (Å²) in [6, 6.07) is 4.25. The molecule has 0 radical (unpaired) electrons. The number of carboxylic acid groups (broad SMARTS) is 1. The topological polar surface area (TPSA) is 79.1 Å². The molecule has 0 unspecified atom stereocenters. The van der Waals surface area contributed by atoms with Gasteiger partial charge in [-0.2, -0.15) is 0 Å². The molecule has 3 aromatic rings. The fourth-order valence-corrected chi connectivity index (χ4v) is 1.77. The van der Waals surface area contributed by atoms with Crippen molar-refractivity contribution in [3.63, 3.8) is 0 Å². The SMILES string of the molecule is O=C(O)c1coc(-c2c[nH]c3cc(F)ccc23)n1. The summed E-state index contributed by atoms with van der Waals surface area (Å²) in [6.45, 7) is 0. The van der Waals surface area contributed by atoms with Gasteiger partial charge in [-0.25, -0.2) is 14.2 Å². The molecule has 0 spiro atoms. The van der Waals surface area contributed by atoms with E-state index in [9.17, 15) is 9.18 Å². The van der Waals surface area contributed by atoms with E-state index in [4.69, 9.17) is 9.52 Å². The number of hydrogen-bond donors (Lipinski definition) is 2. The van der Waals surface area contributed by atoms with Crippen LogP contribution in [0.15, 0.2) is 35.1 Å². The van der Waals surface area contributed by atoms with Crippen molar-refractivity contribution < 1.29 is 18.7 Å². The minimum atomic E-state index is -1.16. The third-order valence-electron chi connectivity index (χ3n) is 2.60. The number of aromatic carboxylic acids is 1. The molecule has 18 heavy (non-hydrogen) atoms. The lowest BCUT2D eigenvalue weighted by molar-refractivity contribution is 0.0690. The maximum Gasteiger partial charge on any atom is 0.357 e. The molecular weight excluding hydrogens is 239 g/mol. The molecule has 2 N–H and O–H groups in total. The number of rotatable bonds is 2. The number of carbonyl (C=O) groups is 1. The van der Waals surface area contributed by atoms with E-state index in [0.717, 1.165) is 11.6 Å².